The van der Waals surface area contributed by atoms with E-state index in [0.29, 0.717) is 0 Å². The van der Waals surface area contributed by atoms with Crippen molar-refractivity contribution in [3.05, 3.63) is 180 Å². The lowest BCUT2D eigenvalue weighted by atomic mass is 9.81. The van der Waals surface area contributed by atoms with Crippen molar-refractivity contribution in [1.29, 1.82) is 0 Å². The van der Waals surface area contributed by atoms with Gasteiger partial charge in [-0.05, 0) is 87.3 Å². The van der Waals surface area contributed by atoms with Crippen LogP contribution >= 0.6 is 0 Å². The third kappa shape index (κ3) is 5.55. The van der Waals surface area contributed by atoms with Gasteiger partial charge in [0, 0.05) is 17.3 Å². The van der Waals surface area contributed by atoms with Crippen LogP contribution < -0.4 is 5.32 Å². The first-order chi connectivity index (χ1) is 19.5. The number of rotatable bonds is 9. The third-order valence-corrected chi connectivity index (χ3v) is 7.83. The number of allylic oxidation sites excluding steroid dienone is 11. The number of nitrogens with one attached hydrogen (secondary N) is 1. The molecule has 2 aliphatic rings. The van der Waals surface area contributed by atoms with Gasteiger partial charge in [0.2, 0.25) is 0 Å². The SMILES string of the molecule is C=CC1=C(/C=C/N/C(C=C)=C/C(=C/c2ccccc2-c2ccccc2)C2=CC=CCC2)C(C)(C)c2ccccc21. The largest absolute Gasteiger partial charge is 0.362 e. The van der Waals surface area contributed by atoms with E-state index in [-0.39, 0.29) is 5.41 Å². The van der Waals surface area contributed by atoms with Gasteiger partial charge in [0.15, 0.2) is 0 Å². The van der Waals surface area contributed by atoms with Crippen LogP contribution in [0.4, 0.5) is 0 Å². The summed E-state index contributed by atoms with van der Waals surface area (Å²) in [6, 6.07) is 27.8. The zero-order chi connectivity index (χ0) is 28.0. The minimum atomic E-state index is -0.0954. The van der Waals surface area contributed by atoms with E-state index in [0.717, 1.165) is 18.5 Å². The Hall–Kier alpha value is -4.62. The molecule has 0 saturated heterocycles. The standard InChI is InChI=1S/C39H37N/c1-5-33(40-26-25-38-34(6-2)36-23-15-16-24-37(36)39(38,3)4)28-32(29-17-9-7-10-18-29)27-31-21-13-14-22-35(31)30-19-11-8-12-20-30/h5-9,11-17,19-28,40H,1-2,10,18H2,3-4H3/b26-25+,32-27-,33-28+. The van der Waals surface area contributed by atoms with Gasteiger partial charge in [-0.1, -0.05) is 130 Å². The summed E-state index contributed by atoms with van der Waals surface area (Å²) in [5, 5.41) is 3.52. The molecule has 3 aromatic carbocycles. The first-order valence-electron chi connectivity index (χ1n) is 14.0. The van der Waals surface area contributed by atoms with Gasteiger partial charge in [-0.15, -0.1) is 0 Å². The lowest BCUT2D eigenvalue weighted by Crippen LogP contribution is -2.16. The molecule has 1 heteroatoms. The molecule has 0 bridgehead atoms. The second-order valence-corrected chi connectivity index (χ2v) is 10.7. The van der Waals surface area contributed by atoms with E-state index >= 15 is 0 Å². The van der Waals surface area contributed by atoms with Crippen LogP contribution in [-0.2, 0) is 5.41 Å². The van der Waals surface area contributed by atoms with Gasteiger partial charge >= 0.3 is 0 Å². The van der Waals surface area contributed by atoms with Crippen LogP contribution in [0.2, 0.25) is 0 Å². The molecule has 1 nitrogen and oxygen atoms in total. The fraction of sp³-hybridized carbons (Fsp3) is 0.128. The van der Waals surface area contributed by atoms with Gasteiger partial charge in [0.25, 0.3) is 0 Å². The van der Waals surface area contributed by atoms with Crippen LogP contribution in [-0.4, -0.2) is 0 Å². The topological polar surface area (TPSA) is 12.0 Å². The monoisotopic (exact) mass is 519 g/mol. The Kier molecular flexibility index (Phi) is 8.12. The molecule has 198 valence electrons. The molecule has 0 fully saturated rings. The normalized spacial score (nSPS) is 16.6. The minimum Gasteiger partial charge on any atom is -0.362 e. The lowest BCUT2D eigenvalue weighted by molar-refractivity contribution is 0.653. The zero-order valence-corrected chi connectivity index (χ0v) is 23.5. The molecular formula is C39H37N. The average molecular weight is 520 g/mol. The molecule has 0 spiro atoms. The van der Waals surface area contributed by atoms with Crippen molar-refractivity contribution in [3.63, 3.8) is 0 Å². The summed E-state index contributed by atoms with van der Waals surface area (Å²) in [6.45, 7) is 12.8. The average Bonchev–Trinajstić information content (AvgIpc) is 3.22. The molecule has 0 unspecified atom stereocenters. The Labute approximate surface area is 239 Å². The molecule has 0 radical (unpaired) electrons. The van der Waals surface area contributed by atoms with Crippen molar-refractivity contribution >= 4 is 11.6 Å². The number of benzene rings is 3. The molecule has 5 rings (SSSR count). The Morgan fingerprint density at radius 1 is 0.875 bits per heavy atom. The molecule has 0 saturated carbocycles. The van der Waals surface area contributed by atoms with Crippen molar-refractivity contribution in [1.82, 2.24) is 5.32 Å². The highest BCUT2D eigenvalue weighted by atomic mass is 14.8. The Morgan fingerprint density at radius 3 is 2.33 bits per heavy atom. The first-order valence-corrected chi connectivity index (χ1v) is 14.0. The summed E-state index contributed by atoms with van der Waals surface area (Å²) in [6.07, 6.45) is 21.3. The third-order valence-electron chi connectivity index (χ3n) is 7.83. The van der Waals surface area contributed by atoms with E-state index in [1.165, 1.54) is 50.1 Å². The fourth-order valence-corrected chi connectivity index (χ4v) is 5.70. The van der Waals surface area contributed by atoms with Crippen LogP contribution in [0.15, 0.2) is 163 Å². The van der Waals surface area contributed by atoms with E-state index in [2.05, 4.69) is 148 Å². The minimum absolute atomic E-state index is 0.0954. The van der Waals surface area contributed by atoms with Crippen molar-refractivity contribution < 1.29 is 0 Å². The van der Waals surface area contributed by atoms with E-state index in [9.17, 15) is 0 Å². The van der Waals surface area contributed by atoms with Gasteiger partial charge < -0.3 is 5.32 Å². The molecule has 0 atom stereocenters. The van der Waals surface area contributed by atoms with E-state index in [4.69, 9.17) is 0 Å². The number of fused-ring (bicyclic) bond motifs is 1. The smallest absolute Gasteiger partial charge is 0.0379 e. The molecule has 0 heterocycles. The number of hydrogen-bond donors (Lipinski definition) is 1. The van der Waals surface area contributed by atoms with Gasteiger partial charge in [-0.2, -0.15) is 0 Å². The number of hydrogen-bond acceptors (Lipinski definition) is 1. The molecule has 3 aromatic rings. The maximum atomic E-state index is 4.12. The van der Waals surface area contributed by atoms with Crippen LogP contribution in [0, 0.1) is 0 Å². The Balaban J connectivity index is 1.49. The van der Waals surface area contributed by atoms with Crippen LogP contribution in [0.1, 0.15) is 43.4 Å². The van der Waals surface area contributed by atoms with Crippen LogP contribution in [0.25, 0.3) is 22.8 Å². The van der Waals surface area contributed by atoms with Gasteiger partial charge in [-0.25, -0.2) is 0 Å². The Morgan fingerprint density at radius 2 is 1.60 bits per heavy atom. The molecule has 1 N–H and O–H groups in total. The predicted molar refractivity (Wildman–Crippen MR) is 173 cm³/mol. The van der Waals surface area contributed by atoms with Gasteiger partial charge in [0.1, 0.15) is 0 Å². The van der Waals surface area contributed by atoms with Crippen molar-refractivity contribution in [2.45, 2.75) is 32.1 Å². The van der Waals surface area contributed by atoms with Gasteiger partial charge in [0.05, 0.1) is 0 Å². The molecule has 0 aliphatic heterocycles. The summed E-state index contributed by atoms with van der Waals surface area (Å²) in [4.78, 5) is 0. The van der Waals surface area contributed by atoms with Crippen molar-refractivity contribution in [2.24, 2.45) is 0 Å². The van der Waals surface area contributed by atoms with Crippen LogP contribution in [0.3, 0.4) is 0 Å². The lowest BCUT2D eigenvalue weighted by Gasteiger charge is -2.22. The molecule has 2 aliphatic carbocycles. The maximum absolute atomic E-state index is 4.12. The van der Waals surface area contributed by atoms with E-state index in [1.807, 2.05) is 18.4 Å². The summed E-state index contributed by atoms with van der Waals surface area (Å²) in [5.74, 6) is 0. The maximum Gasteiger partial charge on any atom is 0.0379 e. The highest BCUT2D eigenvalue weighted by Crippen LogP contribution is 2.46. The summed E-state index contributed by atoms with van der Waals surface area (Å²) < 4.78 is 0. The zero-order valence-electron chi connectivity index (χ0n) is 23.5. The highest BCUT2D eigenvalue weighted by molar-refractivity contribution is 5.87. The summed E-state index contributed by atoms with van der Waals surface area (Å²) in [5.41, 5.74) is 12.0. The predicted octanol–water partition coefficient (Wildman–Crippen LogP) is 10.1. The second-order valence-electron chi connectivity index (χ2n) is 10.7. The van der Waals surface area contributed by atoms with E-state index in [1.54, 1.807) is 0 Å². The highest BCUT2D eigenvalue weighted by Gasteiger charge is 2.34. The van der Waals surface area contributed by atoms with Gasteiger partial charge in [-0.3, -0.25) is 0 Å². The summed E-state index contributed by atoms with van der Waals surface area (Å²) >= 11 is 0. The Bertz CT molecular complexity index is 1600. The van der Waals surface area contributed by atoms with Crippen LogP contribution in [0.5, 0.6) is 0 Å². The van der Waals surface area contributed by atoms with Crippen molar-refractivity contribution in [2.75, 3.05) is 0 Å². The molecular weight excluding hydrogens is 482 g/mol. The molecule has 0 amide bonds. The van der Waals surface area contributed by atoms with E-state index < -0.39 is 0 Å². The summed E-state index contributed by atoms with van der Waals surface area (Å²) in [7, 11) is 0. The quantitative estimate of drug-likeness (QED) is 0.277. The second kappa shape index (κ2) is 12.1. The fourth-order valence-electron chi connectivity index (χ4n) is 5.70. The molecule has 40 heavy (non-hydrogen) atoms. The molecule has 0 aromatic heterocycles. The first kappa shape index (κ1) is 27.0. The van der Waals surface area contributed by atoms with Crippen molar-refractivity contribution in [3.8, 4) is 11.1 Å².